The largest absolute Gasteiger partial charge is 0.412 e. The van der Waals surface area contributed by atoms with E-state index in [1.165, 1.54) is 12.1 Å². The molecule has 0 bridgehead atoms. The van der Waals surface area contributed by atoms with E-state index in [-0.39, 0.29) is 23.4 Å². The van der Waals surface area contributed by atoms with Gasteiger partial charge in [-0.3, -0.25) is 4.79 Å². The van der Waals surface area contributed by atoms with Crippen LogP contribution < -0.4 is 5.32 Å². The lowest BCUT2D eigenvalue weighted by Crippen LogP contribution is -2.40. The van der Waals surface area contributed by atoms with Crippen molar-refractivity contribution in [1.29, 1.82) is 0 Å². The second-order valence-corrected chi connectivity index (χ2v) is 13.1. The molecule has 0 aliphatic carbocycles. The summed E-state index contributed by atoms with van der Waals surface area (Å²) in [6.45, 7) is 13.0. The summed E-state index contributed by atoms with van der Waals surface area (Å²) >= 11 is 0. The minimum Gasteiger partial charge on any atom is -0.412 e. The van der Waals surface area contributed by atoms with Gasteiger partial charge in [0, 0.05) is 11.3 Å². The highest BCUT2D eigenvalue weighted by atomic mass is 28.4. The summed E-state index contributed by atoms with van der Waals surface area (Å²) < 4.78 is 20.5. The summed E-state index contributed by atoms with van der Waals surface area (Å²) in [4.78, 5) is 11.9. The fourth-order valence-electron chi connectivity index (χ4n) is 2.07. The molecule has 1 amide bonds. The van der Waals surface area contributed by atoms with Crippen molar-refractivity contribution in [3.63, 3.8) is 0 Å². The van der Waals surface area contributed by atoms with Gasteiger partial charge >= 0.3 is 0 Å². The van der Waals surface area contributed by atoms with Gasteiger partial charge in [-0.15, -0.1) is 0 Å². The average Bonchev–Trinajstić information content (AvgIpc) is 2.59. The maximum atomic E-state index is 14.4. The Labute approximate surface area is 170 Å². The third-order valence-electron chi connectivity index (χ3n) is 4.92. The fourth-order valence-corrected chi connectivity index (χ4v) is 3.02. The van der Waals surface area contributed by atoms with Crippen LogP contribution in [-0.4, -0.2) is 14.2 Å². The minimum absolute atomic E-state index is 0.0756. The molecule has 0 heterocycles. The van der Waals surface area contributed by atoms with E-state index in [9.17, 15) is 9.18 Å². The van der Waals surface area contributed by atoms with Crippen molar-refractivity contribution < 1.29 is 13.6 Å². The molecule has 0 fully saturated rings. The normalized spacial score (nSPS) is 13.1. The van der Waals surface area contributed by atoms with Gasteiger partial charge in [-0.2, -0.15) is 0 Å². The molecule has 154 valence electrons. The van der Waals surface area contributed by atoms with Gasteiger partial charge in [0.15, 0.2) is 8.32 Å². The van der Waals surface area contributed by atoms with Crippen LogP contribution in [0, 0.1) is 5.82 Å². The van der Waals surface area contributed by atoms with Gasteiger partial charge in [0.2, 0.25) is 5.91 Å². The molecule has 1 N–H and O–H groups in total. The van der Waals surface area contributed by atoms with Crippen molar-refractivity contribution in [2.45, 2.75) is 65.3 Å². The van der Waals surface area contributed by atoms with E-state index in [1.807, 2.05) is 37.3 Å². The molecule has 0 unspecified atom stereocenters. The van der Waals surface area contributed by atoms with Crippen molar-refractivity contribution in [2.24, 2.45) is 0 Å². The summed E-state index contributed by atoms with van der Waals surface area (Å²) in [5, 5.41) is 2.77. The maximum Gasteiger partial charge on any atom is 0.248 e. The molecule has 28 heavy (non-hydrogen) atoms. The number of halogens is 1. The highest BCUT2D eigenvalue weighted by Gasteiger charge is 2.37. The number of nitrogens with one attached hydrogen (secondary N) is 1. The summed E-state index contributed by atoms with van der Waals surface area (Å²) in [5.74, 6) is -0.628. The highest BCUT2D eigenvalue weighted by Crippen LogP contribution is 2.37. The Hall–Kier alpha value is -1.98. The van der Waals surface area contributed by atoms with Gasteiger partial charge in [0.25, 0.3) is 0 Å². The van der Waals surface area contributed by atoms with Gasteiger partial charge in [-0.1, -0.05) is 57.2 Å². The topological polar surface area (TPSA) is 38.3 Å². The van der Waals surface area contributed by atoms with Crippen molar-refractivity contribution in [3.8, 4) is 0 Å². The van der Waals surface area contributed by atoms with Crippen LogP contribution in [0.3, 0.4) is 0 Å². The zero-order valence-corrected chi connectivity index (χ0v) is 19.0. The number of carbonyl (C=O) groups is 1. The summed E-state index contributed by atoms with van der Waals surface area (Å²) in [6, 6.07) is 4.72. The van der Waals surface area contributed by atoms with Crippen LogP contribution in [0.2, 0.25) is 18.1 Å². The van der Waals surface area contributed by atoms with Crippen LogP contribution >= 0.6 is 0 Å². The second-order valence-electron chi connectivity index (χ2n) is 8.28. The Morgan fingerprint density at radius 2 is 1.86 bits per heavy atom. The van der Waals surface area contributed by atoms with Crippen LogP contribution in [0.25, 0.3) is 0 Å². The van der Waals surface area contributed by atoms with Crippen LogP contribution in [0.15, 0.2) is 54.7 Å². The molecule has 0 radical (unpaired) electrons. The molecule has 0 aromatic heterocycles. The smallest absolute Gasteiger partial charge is 0.248 e. The molecule has 1 aromatic rings. The van der Waals surface area contributed by atoms with Crippen molar-refractivity contribution in [2.75, 3.05) is 5.32 Å². The second kappa shape index (κ2) is 11.1. The summed E-state index contributed by atoms with van der Waals surface area (Å²) in [7, 11) is -1.93. The molecule has 0 aliphatic rings. The molecular weight excluding hydrogens is 369 g/mol. The number of amides is 1. The Morgan fingerprint density at radius 1 is 1.18 bits per heavy atom. The standard InChI is InChI=1S/C23H34FNO2Si/c1-7-8-9-10-11-12-13-14-22(26)25-20-16-15-19(21(24)17-20)18-27-28(5,6)23(2,3)4/h7-10,13-17H,11-12,18H2,1-6H3,(H,25,26)/b8-7+,10-9+,14-13+. The number of unbranched alkanes of at least 4 members (excludes halogenated alkanes) is 1. The summed E-state index contributed by atoms with van der Waals surface area (Å²) in [5.41, 5.74) is 0.947. The Balaban J connectivity index is 2.56. The van der Waals surface area contributed by atoms with E-state index in [0.29, 0.717) is 11.3 Å². The first-order chi connectivity index (χ1) is 13.1. The highest BCUT2D eigenvalue weighted by molar-refractivity contribution is 6.74. The number of rotatable bonds is 9. The molecular formula is C23H34FNO2Si. The SMILES string of the molecule is C/C=C/C=C/CC/C=C/C(=O)Nc1ccc(CO[Si](C)(C)C(C)(C)C)c(F)c1. The molecule has 1 aromatic carbocycles. The Morgan fingerprint density at radius 3 is 2.46 bits per heavy atom. The van der Waals surface area contributed by atoms with E-state index < -0.39 is 8.32 Å². The van der Waals surface area contributed by atoms with E-state index in [1.54, 1.807) is 12.1 Å². The Bertz CT molecular complexity index is 731. The number of hydrogen-bond donors (Lipinski definition) is 1. The van der Waals surface area contributed by atoms with Gasteiger partial charge in [0.05, 0.1) is 6.61 Å². The van der Waals surface area contributed by atoms with Crippen molar-refractivity contribution in [3.05, 3.63) is 66.0 Å². The Kier molecular flexibility index (Phi) is 9.56. The molecule has 5 heteroatoms. The molecule has 0 aliphatic heterocycles. The van der Waals surface area contributed by atoms with Crippen LogP contribution in [0.1, 0.15) is 46.1 Å². The molecule has 0 atom stereocenters. The molecule has 3 nitrogen and oxygen atoms in total. The van der Waals surface area contributed by atoms with Crippen LogP contribution in [0.5, 0.6) is 0 Å². The molecule has 1 rings (SSSR count). The van der Waals surface area contributed by atoms with Gasteiger partial charge < -0.3 is 9.74 Å². The predicted molar refractivity (Wildman–Crippen MR) is 119 cm³/mol. The number of benzene rings is 1. The van der Waals surface area contributed by atoms with Crippen molar-refractivity contribution >= 4 is 19.9 Å². The van der Waals surface area contributed by atoms with E-state index in [2.05, 4.69) is 39.2 Å². The van der Waals surface area contributed by atoms with E-state index in [0.717, 1.165) is 12.8 Å². The zero-order chi connectivity index (χ0) is 21.2. The van der Waals surface area contributed by atoms with Gasteiger partial charge in [-0.25, -0.2) is 4.39 Å². The fraction of sp³-hybridized carbons (Fsp3) is 0.435. The first-order valence-electron chi connectivity index (χ1n) is 9.74. The first-order valence-corrected chi connectivity index (χ1v) is 12.7. The lowest BCUT2D eigenvalue weighted by atomic mass is 10.2. The monoisotopic (exact) mass is 403 g/mol. The van der Waals surface area contributed by atoms with Crippen LogP contribution in [-0.2, 0) is 15.8 Å². The van der Waals surface area contributed by atoms with Gasteiger partial charge in [0.1, 0.15) is 5.82 Å². The molecule has 0 saturated heterocycles. The molecule has 0 saturated carbocycles. The zero-order valence-electron chi connectivity index (χ0n) is 18.0. The van der Waals surface area contributed by atoms with E-state index in [4.69, 9.17) is 4.43 Å². The first kappa shape index (κ1) is 24.1. The lowest BCUT2D eigenvalue weighted by Gasteiger charge is -2.36. The third-order valence-corrected chi connectivity index (χ3v) is 9.40. The number of anilines is 1. The number of hydrogen-bond acceptors (Lipinski definition) is 2. The number of carbonyl (C=O) groups excluding carboxylic acids is 1. The maximum absolute atomic E-state index is 14.4. The van der Waals surface area contributed by atoms with E-state index >= 15 is 0 Å². The lowest BCUT2D eigenvalue weighted by molar-refractivity contribution is -0.111. The molecule has 0 spiro atoms. The number of allylic oxidation sites excluding steroid dienone is 5. The minimum atomic E-state index is -1.93. The quantitative estimate of drug-likeness (QED) is 0.214. The van der Waals surface area contributed by atoms with Crippen LogP contribution in [0.4, 0.5) is 10.1 Å². The van der Waals surface area contributed by atoms with Gasteiger partial charge in [-0.05, 0) is 56.1 Å². The predicted octanol–water partition coefficient (Wildman–Crippen LogP) is 6.75. The van der Waals surface area contributed by atoms with Crippen molar-refractivity contribution in [1.82, 2.24) is 0 Å². The summed E-state index contributed by atoms with van der Waals surface area (Å²) in [6.07, 6.45) is 12.9. The third kappa shape index (κ3) is 8.36. The average molecular weight is 404 g/mol.